The Balaban J connectivity index is 1.87. The average Bonchev–Trinajstić information content (AvgIpc) is 3.12. The molecule has 0 amide bonds. The second kappa shape index (κ2) is 4.92. The van der Waals surface area contributed by atoms with Crippen molar-refractivity contribution < 1.29 is 0 Å². The molecule has 1 aromatic carbocycles. The van der Waals surface area contributed by atoms with Crippen LogP contribution >= 0.6 is 23.2 Å². The Kier molecular flexibility index (Phi) is 3.19. The number of rotatable bonds is 3. The van der Waals surface area contributed by atoms with Crippen LogP contribution in [0.4, 0.5) is 0 Å². The molecule has 0 saturated heterocycles. The number of fused-ring (bicyclic) bond motifs is 3. The maximum Gasteiger partial charge on any atom is 0.111 e. The Hall–Kier alpha value is -0.730. The highest BCUT2D eigenvalue weighted by Crippen LogP contribution is 2.51. The maximum atomic E-state index is 6.32. The fraction of sp³-hybridized carbons (Fsp3) is 0.562. The Morgan fingerprint density at radius 3 is 2.85 bits per heavy atom. The molecular formula is C16H18Cl2N2. The van der Waals surface area contributed by atoms with Crippen LogP contribution < -0.4 is 0 Å². The molecule has 0 aliphatic heterocycles. The molecule has 0 spiro atoms. The smallest absolute Gasteiger partial charge is 0.111 e. The van der Waals surface area contributed by atoms with E-state index in [1.54, 1.807) is 0 Å². The monoisotopic (exact) mass is 308 g/mol. The number of alkyl halides is 1. The first-order valence-corrected chi connectivity index (χ1v) is 8.40. The van der Waals surface area contributed by atoms with E-state index in [4.69, 9.17) is 28.2 Å². The van der Waals surface area contributed by atoms with Gasteiger partial charge in [0, 0.05) is 18.3 Å². The first kappa shape index (κ1) is 13.0. The average molecular weight is 309 g/mol. The molecule has 1 aromatic heterocycles. The molecule has 4 rings (SSSR count). The molecule has 2 bridgehead atoms. The van der Waals surface area contributed by atoms with Crippen molar-refractivity contribution in [1.82, 2.24) is 9.55 Å². The number of imidazole rings is 1. The van der Waals surface area contributed by atoms with Gasteiger partial charge in [-0.1, -0.05) is 24.1 Å². The van der Waals surface area contributed by atoms with Crippen LogP contribution in [0.5, 0.6) is 0 Å². The molecule has 2 nitrogen and oxygen atoms in total. The Bertz CT molecular complexity index is 649. The zero-order valence-corrected chi connectivity index (χ0v) is 12.9. The molecule has 2 saturated carbocycles. The quantitative estimate of drug-likeness (QED) is 0.742. The fourth-order valence-electron chi connectivity index (χ4n) is 4.29. The van der Waals surface area contributed by atoms with Gasteiger partial charge in [0.05, 0.1) is 10.5 Å². The van der Waals surface area contributed by atoms with Gasteiger partial charge in [0.2, 0.25) is 0 Å². The molecule has 2 aliphatic rings. The first-order valence-electron chi connectivity index (χ1n) is 7.49. The molecule has 3 atom stereocenters. The molecule has 2 aromatic rings. The molecule has 3 unspecified atom stereocenters. The summed E-state index contributed by atoms with van der Waals surface area (Å²) in [6.07, 6.45) is 6.30. The topological polar surface area (TPSA) is 17.8 Å². The van der Waals surface area contributed by atoms with Gasteiger partial charge in [0.1, 0.15) is 11.3 Å². The highest BCUT2D eigenvalue weighted by atomic mass is 35.5. The third-order valence-electron chi connectivity index (χ3n) is 5.09. The van der Waals surface area contributed by atoms with Crippen molar-refractivity contribution in [3.63, 3.8) is 0 Å². The van der Waals surface area contributed by atoms with Gasteiger partial charge < -0.3 is 4.57 Å². The van der Waals surface area contributed by atoms with Crippen molar-refractivity contribution in [2.24, 2.45) is 11.8 Å². The molecular weight excluding hydrogens is 291 g/mol. The minimum atomic E-state index is 0.607. The standard InChI is InChI=1S/C16H18Cl2N2/c17-7-6-15-19-16-12(18)2-1-3-13(16)20(15)14-9-10-4-5-11(14)8-10/h1-3,10-11,14H,4-9H2. The second-order valence-corrected chi connectivity index (χ2v) is 6.97. The van der Waals surface area contributed by atoms with Gasteiger partial charge in [-0.2, -0.15) is 0 Å². The van der Waals surface area contributed by atoms with Gasteiger partial charge >= 0.3 is 0 Å². The van der Waals surface area contributed by atoms with Crippen molar-refractivity contribution in [2.75, 3.05) is 5.88 Å². The van der Waals surface area contributed by atoms with Gasteiger partial charge in [-0.15, -0.1) is 11.6 Å². The summed E-state index contributed by atoms with van der Waals surface area (Å²) in [5.41, 5.74) is 2.13. The first-order chi connectivity index (χ1) is 9.78. The number of benzene rings is 1. The lowest BCUT2D eigenvalue weighted by Gasteiger charge is -2.25. The molecule has 1 heterocycles. The van der Waals surface area contributed by atoms with E-state index in [2.05, 4.69) is 10.6 Å². The highest BCUT2D eigenvalue weighted by molar-refractivity contribution is 6.34. The predicted octanol–water partition coefficient (Wildman–Crippen LogP) is 4.83. The van der Waals surface area contributed by atoms with E-state index in [0.717, 1.165) is 34.6 Å². The van der Waals surface area contributed by atoms with E-state index in [1.807, 2.05) is 12.1 Å². The minimum Gasteiger partial charge on any atom is -0.324 e. The zero-order valence-electron chi connectivity index (χ0n) is 11.4. The second-order valence-electron chi connectivity index (χ2n) is 6.19. The van der Waals surface area contributed by atoms with Crippen LogP contribution in [0.3, 0.4) is 0 Å². The van der Waals surface area contributed by atoms with Crippen LogP contribution in [0, 0.1) is 11.8 Å². The van der Waals surface area contributed by atoms with Crippen LogP contribution in [0.25, 0.3) is 11.0 Å². The summed E-state index contributed by atoms with van der Waals surface area (Å²) in [6, 6.07) is 6.71. The highest BCUT2D eigenvalue weighted by Gasteiger charge is 2.41. The molecule has 20 heavy (non-hydrogen) atoms. The third-order valence-corrected chi connectivity index (χ3v) is 5.59. The maximum absolute atomic E-state index is 6.32. The number of para-hydroxylation sites is 1. The number of aromatic nitrogens is 2. The summed E-state index contributed by atoms with van der Waals surface area (Å²) in [7, 11) is 0. The lowest BCUT2D eigenvalue weighted by atomic mass is 9.95. The third kappa shape index (κ3) is 1.88. The van der Waals surface area contributed by atoms with Gasteiger partial charge in [0.25, 0.3) is 0 Å². The number of aryl methyl sites for hydroxylation is 1. The van der Waals surface area contributed by atoms with Crippen LogP contribution in [0.2, 0.25) is 5.02 Å². The molecule has 2 fully saturated rings. The summed E-state index contributed by atoms with van der Waals surface area (Å²) in [4.78, 5) is 4.78. The Labute approximate surface area is 129 Å². The van der Waals surface area contributed by atoms with Gasteiger partial charge in [-0.3, -0.25) is 0 Å². The van der Waals surface area contributed by atoms with Crippen LogP contribution in [-0.2, 0) is 6.42 Å². The van der Waals surface area contributed by atoms with Crippen molar-refractivity contribution in [2.45, 2.75) is 38.1 Å². The minimum absolute atomic E-state index is 0.607. The fourth-order valence-corrected chi connectivity index (χ4v) is 4.67. The molecule has 106 valence electrons. The van der Waals surface area contributed by atoms with Crippen molar-refractivity contribution in [3.8, 4) is 0 Å². The summed E-state index contributed by atoms with van der Waals surface area (Å²) in [5, 5.41) is 0.750. The SMILES string of the molecule is ClCCc1nc2c(Cl)cccc2n1C1CC2CCC1C2. The lowest BCUT2D eigenvalue weighted by Crippen LogP contribution is -2.18. The van der Waals surface area contributed by atoms with Crippen molar-refractivity contribution in [1.29, 1.82) is 0 Å². The summed E-state index contributed by atoms with van der Waals surface area (Å²) >= 11 is 12.3. The van der Waals surface area contributed by atoms with Crippen LogP contribution in [0.1, 0.15) is 37.5 Å². The van der Waals surface area contributed by atoms with E-state index in [1.165, 1.54) is 31.2 Å². The van der Waals surface area contributed by atoms with E-state index < -0.39 is 0 Å². The van der Waals surface area contributed by atoms with Crippen molar-refractivity contribution >= 4 is 34.2 Å². The summed E-state index contributed by atoms with van der Waals surface area (Å²) in [6.45, 7) is 0. The van der Waals surface area contributed by atoms with E-state index in [0.29, 0.717) is 11.9 Å². The Morgan fingerprint density at radius 1 is 1.25 bits per heavy atom. The summed E-state index contributed by atoms with van der Waals surface area (Å²) < 4.78 is 2.45. The molecule has 2 aliphatic carbocycles. The van der Waals surface area contributed by atoms with Gasteiger partial charge in [-0.25, -0.2) is 4.98 Å². The zero-order chi connectivity index (χ0) is 13.7. The van der Waals surface area contributed by atoms with E-state index >= 15 is 0 Å². The normalized spacial score (nSPS) is 28.6. The largest absolute Gasteiger partial charge is 0.324 e. The summed E-state index contributed by atoms with van der Waals surface area (Å²) in [5.74, 6) is 3.47. The van der Waals surface area contributed by atoms with Crippen LogP contribution in [-0.4, -0.2) is 15.4 Å². The van der Waals surface area contributed by atoms with E-state index in [-0.39, 0.29) is 0 Å². The van der Waals surface area contributed by atoms with Gasteiger partial charge in [-0.05, 0) is 43.2 Å². The number of nitrogens with zero attached hydrogens (tertiary/aromatic N) is 2. The number of halogens is 2. The number of hydrogen-bond donors (Lipinski definition) is 0. The molecule has 0 radical (unpaired) electrons. The van der Waals surface area contributed by atoms with E-state index in [9.17, 15) is 0 Å². The lowest BCUT2D eigenvalue weighted by molar-refractivity contribution is 0.329. The number of hydrogen-bond acceptors (Lipinski definition) is 1. The molecule has 4 heteroatoms. The Morgan fingerprint density at radius 2 is 2.15 bits per heavy atom. The van der Waals surface area contributed by atoms with Gasteiger partial charge in [0.15, 0.2) is 0 Å². The molecule has 0 N–H and O–H groups in total. The van der Waals surface area contributed by atoms with Crippen molar-refractivity contribution in [3.05, 3.63) is 29.0 Å². The predicted molar refractivity (Wildman–Crippen MR) is 83.7 cm³/mol. The van der Waals surface area contributed by atoms with Crippen LogP contribution in [0.15, 0.2) is 18.2 Å².